The van der Waals surface area contributed by atoms with Crippen LogP contribution in [0.5, 0.6) is 0 Å². The van der Waals surface area contributed by atoms with Gasteiger partial charge >= 0.3 is 15.1 Å². The fourth-order valence-corrected chi connectivity index (χ4v) is 9.61. The van der Waals surface area contributed by atoms with E-state index in [0.29, 0.717) is 53.8 Å². The van der Waals surface area contributed by atoms with E-state index >= 15 is 0 Å². The quantitative estimate of drug-likeness (QED) is 0.164. The second kappa shape index (κ2) is 13.9. The maximum absolute atomic E-state index is 7.00. The molecular weight excluding hydrogens is 471 g/mol. The van der Waals surface area contributed by atoms with E-state index in [1.54, 1.807) is 0 Å². The van der Waals surface area contributed by atoms with Crippen molar-refractivity contribution in [3.63, 3.8) is 0 Å². The van der Waals surface area contributed by atoms with Crippen LogP contribution in [0.2, 0.25) is 0 Å². The molecule has 0 bridgehead atoms. The van der Waals surface area contributed by atoms with E-state index < -0.39 is 15.1 Å². The van der Waals surface area contributed by atoms with E-state index in [1.165, 1.54) is 38.5 Å². The highest BCUT2D eigenvalue weighted by Crippen LogP contribution is 2.54. The third-order valence-corrected chi connectivity index (χ3v) is 10.6. The molecule has 0 aromatic carbocycles. The molecule has 3 aliphatic rings. The normalized spacial score (nSPS) is 35.0. The standard InChI is InChI=1S/3C11H21O.Al/c3*1-7(2)5-9-10(11(9)12)6-8(3)4;/h3*7-11H,5-6H2,1-4H3;/q3*-1;+3. The van der Waals surface area contributed by atoms with Gasteiger partial charge in [-0.1, -0.05) is 83.1 Å². The molecule has 216 valence electrons. The van der Waals surface area contributed by atoms with Gasteiger partial charge in [-0.15, -0.1) is 0 Å². The van der Waals surface area contributed by atoms with E-state index in [9.17, 15) is 0 Å². The molecule has 0 N–H and O–H groups in total. The van der Waals surface area contributed by atoms with Gasteiger partial charge in [0, 0.05) is 18.3 Å². The number of rotatable bonds is 18. The third kappa shape index (κ3) is 9.78. The summed E-state index contributed by atoms with van der Waals surface area (Å²) >= 11 is -2.22. The van der Waals surface area contributed by atoms with Crippen molar-refractivity contribution in [2.24, 2.45) is 71.0 Å². The van der Waals surface area contributed by atoms with Crippen molar-refractivity contribution in [3.8, 4) is 0 Å². The lowest BCUT2D eigenvalue weighted by atomic mass is 10.0. The van der Waals surface area contributed by atoms with Crippen molar-refractivity contribution in [1.29, 1.82) is 0 Å². The molecule has 0 amide bonds. The van der Waals surface area contributed by atoms with Crippen molar-refractivity contribution >= 4 is 15.1 Å². The van der Waals surface area contributed by atoms with Crippen LogP contribution in [-0.4, -0.2) is 33.5 Å². The Morgan fingerprint density at radius 1 is 0.351 bits per heavy atom. The molecule has 0 aromatic heterocycles. The van der Waals surface area contributed by atoms with E-state index in [2.05, 4.69) is 83.1 Å². The van der Waals surface area contributed by atoms with E-state index in [-0.39, 0.29) is 0 Å². The zero-order valence-corrected chi connectivity index (χ0v) is 27.9. The molecule has 0 spiro atoms. The number of hydrogen-bond donors (Lipinski definition) is 0. The molecule has 0 heterocycles. The van der Waals surface area contributed by atoms with Crippen LogP contribution in [-0.2, 0) is 11.4 Å². The summed E-state index contributed by atoms with van der Waals surface area (Å²) in [6, 6.07) is 0. The summed E-state index contributed by atoms with van der Waals surface area (Å²) in [6.07, 6.45) is 8.71. The first-order chi connectivity index (χ1) is 17.3. The second-order valence-corrected chi connectivity index (χ2v) is 17.2. The lowest BCUT2D eigenvalue weighted by molar-refractivity contribution is 0.0531. The van der Waals surface area contributed by atoms with Crippen LogP contribution >= 0.6 is 0 Å². The van der Waals surface area contributed by atoms with Crippen LogP contribution in [0.25, 0.3) is 0 Å². The topological polar surface area (TPSA) is 27.7 Å². The molecule has 3 fully saturated rings. The van der Waals surface area contributed by atoms with Gasteiger partial charge in [-0.05, 0) is 110 Å². The Bertz CT molecular complexity index is 536. The van der Waals surface area contributed by atoms with E-state index in [4.69, 9.17) is 11.4 Å². The SMILES string of the molecule is CC(C)CC1C(CC(C)C)C1[O][Al]([O]C1C(CC(C)C)C1CC(C)C)[O]C1C(CC(C)C)C1CC(C)C. The van der Waals surface area contributed by atoms with Crippen LogP contribution in [0, 0.1) is 71.0 Å². The van der Waals surface area contributed by atoms with Gasteiger partial charge in [0.25, 0.3) is 0 Å². The Kier molecular flexibility index (Phi) is 12.0. The molecule has 0 radical (unpaired) electrons. The monoisotopic (exact) mass is 534 g/mol. The summed E-state index contributed by atoms with van der Waals surface area (Å²) < 4.78 is 21.0. The lowest BCUT2D eigenvalue weighted by Gasteiger charge is -2.16. The molecule has 4 heteroatoms. The van der Waals surface area contributed by atoms with Crippen LogP contribution in [0.3, 0.4) is 0 Å². The smallest absolute Gasteiger partial charge is 0.451 e. The maximum atomic E-state index is 7.00. The molecular formula is C33H63AlO3. The summed E-state index contributed by atoms with van der Waals surface area (Å²) in [5.74, 6) is 8.49. The predicted octanol–water partition coefficient (Wildman–Crippen LogP) is 9.14. The first-order valence-corrected chi connectivity index (χ1v) is 17.7. The van der Waals surface area contributed by atoms with E-state index in [0.717, 1.165) is 35.5 Å². The third-order valence-electron chi connectivity index (χ3n) is 9.03. The maximum Gasteiger partial charge on any atom is 0.906 e. The van der Waals surface area contributed by atoms with Crippen LogP contribution in [0.15, 0.2) is 0 Å². The van der Waals surface area contributed by atoms with Crippen molar-refractivity contribution in [2.45, 2.75) is 140 Å². The Morgan fingerprint density at radius 2 is 0.514 bits per heavy atom. The molecule has 0 aliphatic heterocycles. The summed E-state index contributed by atoms with van der Waals surface area (Å²) in [5.41, 5.74) is 0. The molecule has 37 heavy (non-hydrogen) atoms. The fourth-order valence-electron chi connectivity index (χ4n) is 7.44. The lowest BCUT2D eigenvalue weighted by Crippen LogP contribution is -2.32. The van der Waals surface area contributed by atoms with Gasteiger partial charge in [0.05, 0.1) is 0 Å². The minimum atomic E-state index is -2.22. The fraction of sp³-hybridized carbons (Fsp3) is 1.00. The average Bonchev–Trinajstić information content (AvgIpc) is 3.67. The molecule has 6 unspecified atom stereocenters. The molecule has 0 aromatic rings. The first-order valence-electron chi connectivity index (χ1n) is 16.2. The van der Waals surface area contributed by atoms with Crippen molar-refractivity contribution in [1.82, 2.24) is 0 Å². The van der Waals surface area contributed by atoms with Gasteiger partial charge in [-0.25, -0.2) is 0 Å². The zero-order chi connectivity index (χ0) is 27.6. The van der Waals surface area contributed by atoms with E-state index in [1.807, 2.05) is 0 Å². The molecule has 3 aliphatic carbocycles. The van der Waals surface area contributed by atoms with Crippen molar-refractivity contribution in [2.75, 3.05) is 0 Å². The Hall–Kier alpha value is 0.412. The largest absolute Gasteiger partial charge is 0.906 e. The minimum absolute atomic E-state index is 0.359. The van der Waals surface area contributed by atoms with Gasteiger partial charge in [0.2, 0.25) is 0 Å². The highest BCUT2D eigenvalue weighted by molar-refractivity contribution is 6.36. The van der Waals surface area contributed by atoms with Crippen molar-refractivity contribution in [3.05, 3.63) is 0 Å². The summed E-state index contributed by atoms with van der Waals surface area (Å²) in [6.45, 7) is 28.3. The van der Waals surface area contributed by atoms with Gasteiger partial charge in [-0.3, -0.25) is 0 Å². The van der Waals surface area contributed by atoms with Gasteiger partial charge in [-0.2, -0.15) is 0 Å². The first kappa shape index (κ1) is 31.9. The molecule has 3 nitrogen and oxygen atoms in total. The molecule has 3 saturated carbocycles. The highest BCUT2D eigenvalue weighted by Gasteiger charge is 2.61. The second-order valence-electron chi connectivity index (χ2n) is 15.9. The molecule has 6 atom stereocenters. The van der Waals surface area contributed by atoms with Gasteiger partial charge in [0.1, 0.15) is 0 Å². The van der Waals surface area contributed by atoms with Gasteiger partial charge in [0.15, 0.2) is 0 Å². The van der Waals surface area contributed by atoms with Crippen LogP contribution in [0.4, 0.5) is 0 Å². The summed E-state index contributed by atoms with van der Waals surface area (Å²) in [4.78, 5) is 0. The Balaban J connectivity index is 1.73. The molecule has 0 saturated heterocycles. The summed E-state index contributed by atoms with van der Waals surface area (Å²) in [5, 5.41) is 0. The zero-order valence-electron chi connectivity index (χ0n) is 26.7. The van der Waals surface area contributed by atoms with Crippen molar-refractivity contribution < 1.29 is 11.4 Å². The minimum Gasteiger partial charge on any atom is -0.451 e. The summed E-state index contributed by atoms with van der Waals surface area (Å²) in [7, 11) is 0. The average molecular weight is 535 g/mol. The number of hydrogen-bond acceptors (Lipinski definition) is 3. The van der Waals surface area contributed by atoms with Crippen LogP contribution in [0.1, 0.15) is 122 Å². The Labute approximate surface area is 237 Å². The molecule has 3 rings (SSSR count). The van der Waals surface area contributed by atoms with Gasteiger partial charge < -0.3 is 11.4 Å². The van der Waals surface area contributed by atoms with Crippen LogP contribution < -0.4 is 0 Å². The Morgan fingerprint density at radius 3 is 0.649 bits per heavy atom. The predicted molar refractivity (Wildman–Crippen MR) is 158 cm³/mol. The highest BCUT2D eigenvalue weighted by atomic mass is 27.3.